The smallest absolute Gasteiger partial charge is 0.191 e. The van der Waals surface area contributed by atoms with Crippen LogP contribution in [0.1, 0.15) is 11.1 Å². The second-order valence-electron chi connectivity index (χ2n) is 5.27. The summed E-state index contributed by atoms with van der Waals surface area (Å²) in [5.74, 6) is 1.72. The van der Waals surface area contributed by atoms with Crippen molar-refractivity contribution >= 4 is 5.96 Å². The third kappa shape index (κ3) is 5.32. The third-order valence-electron chi connectivity index (χ3n) is 3.50. The molecule has 1 aromatic heterocycles. The van der Waals surface area contributed by atoms with Crippen LogP contribution in [0.5, 0.6) is 5.75 Å². The summed E-state index contributed by atoms with van der Waals surface area (Å²) in [6.07, 6.45) is 4.77. The van der Waals surface area contributed by atoms with Crippen molar-refractivity contribution in [2.24, 2.45) is 4.99 Å². The van der Waals surface area contributed by atoms with Crippen LogP contribution in [0, 0.1) is 6.92 Å². The predicted octanol–water partition coefficient (Wildman–Crippen LogP) is 1.61. The molecule has 2 aromatic rings. The minimum atomic E-state index is 0.773. The molecule has 0 aliphatic heterocycles. The molecule has 0 amide bonds. The zero-order valence-corrected chi connectivity index (χ0v) is 14.0. The summed E-state index contributed by atoms with van der Waals surface area (Å²) >= 11 is 0. The van der Waals surface area contributed by atoms with Crippen LogP contribution < -0.4 is 15.4 Å². The van der Waals surface area contributed by atoms with E-state index in [1.807, 2.05) is 42.2 Å². The summed E-state index contributed by atoms with van der Waals surface area (Å²) in [5.41, 5.74) is 2.36. The van der Waals surface area contributed by atoms with Gasteiger partial charge in [0, 0.05) is 26.3 Å². The molecule has 23 heavy (non-hydrogen) atoms. The Hall–Kier alpha value is -2.50. The van der Waals surface area contributed by atoms with Crippen molar-refractivity contribution in [2.75, 3.05) is 27.2 Å². The van der Waals surface area contributed by atoms with Gasteiger partial charge in [0.15, 0.2) is 5.96 Å². The first-order valence-electron chi connectivity index (χ1n) is 7.78. The molecule has 0 aliphatic rings. The Balaban J connectivity index is 1.72. The number of nitrogens with zero attached hydrogens (tertiary/aromatic N) is 3. The van der Waals surface area contributed by atoms with E-state index in [0.29, 0.717) is 0 Å². The van der Waals surface area contributed by atoms with Crippen LogP contribution in [-0.2, 0) is 13.0 Å². The van der Waals surface area contributed by atoms with Gasteiger partial charge in [-0.05, 0) is 30.5 Å². The number of aliphatic imine (C=N–C) groups is 1. The molecule has 0 saturated heterocycles. The number of aryl methyl sites for hydroxylation is 1. The Morgan fingerprint density at radius 2 is 2.04 bits per heavy atom. The molecule has 2 rings (SSSR count). The number of methoxy groups -OCH3 is 1. The summed E-state index contributed by atoms with van der Waals surface area (Å²) in [4.78, 5) is 4.23. The number of hydrogen-bond donors (Lipinski definition) is 2. The third-order valence-corrected chi connectivity index (χ3v) is 3.50. The molecular formula is C17H25N5O. The van der Waals surface area contributed by atoms with Gasteiger partial charge < -0.3 is 15.4 Å². The molecule has 1 heterocycles. The van der Waals surface area contributed by atoms with Crippen LogP contribution in [0.3, 0.4) is 0 Å². The van der Waals surface area contributed by atoms with E-state index in [2.05, 4.69) is 26.8 Å². The van der Waals surface area contributed by atoms with Crippen molar-refractivity contribution < 1.29 is 4.74 Å². The molecule has 0 bridgehead atoms. The maximum absolute atomic E-state index is 5.36. The summed E-state index contributed by atoms with van der Waals surface area (Å²) in [5, 5.41) is 10.9. The fourth-order valence-corrected chi connectivity index (χ4v) is 2.32. The van der Waals surface area contributed by atoms with Gasteiger partial charge >= 0.3 is 0 Å². The average Bonchev–Trinajstić information content (AvgIpc) is 2.99. The summed E-state index contributed by atoms with van der Waals surface area (Å²) in [6.45, 7) is 4.41. The standard InChI is InChI=1S/C17H25N5O/c1-14-12-21-22(13-14)11-10-20-17(18-2)19-9-8-15-6-4-5-7-16(15)23-3/h4-7,12-13H,8-11H2,1-3H3,(H2,18,19,20). The number of benzene rings is 1. The molecular weight excluding hydrogens is 290 g/mol. The maximum Gasteiger partial charge on any atom is 0.191 e. The van der Waals surface area contributed by atoms with Crippen molar-refractivity contribution in [3.8, 4) is 5.75 Å². The first kappa shape index (κ1) is 16.9. The number of aromatic nitrogens is 2. The average molecular weight is 315 g/mol. The fraction of sp³-hybridized carbons (Fsp3) is 0.412. The molecule has 2 N–H and O–H groups in total. The molecule has 0 radical (unpaired) electrons. The lowest BCUT2D eigenvalue weighted by atomic mass is 10.1. The predicted molar refractivity (Wildman–Crippen MR) is 93.0 cm³/mol. The highest BCUT2D eigenvalue weighted by Crippen LogP contribution is 2.17. The number of para-hydroxylation sites is 1. The first-order valence-corrected chi connectivity index (χ1v) is 7.78. The molecule has 0 saturated carbocycles. The van der Waals surface area contributed by atoms with E-state index in [-0.39, 0.29) is 0 Å². The van der Waals surface area contributed by atoms with Gasteiger partial charge in [0.05, 0.1) is 19.9 Å². The van der Waals surface area contributed by atoms with Crippen molar-refractivity contribution in [3.63, 3.8) is 0 Å². The second-order valence-corrected chi connectivity index (χ2v) is 5.27. The second kappa shape index (κ2) is 8.82. The van der Waals surface area contributed by atoms with Gasteiger partial charge in [0.25, 0.3) is 0 Å². The normalized spacial score (nSPS) is 11.3. The largest absolute Gasteiger partial charge is 0.496 e. The molecule has 124 valence electrons. The quantitative estimate of drug-likeness (QED) is 0.602. The van der Waals surface area contributed by atoms with E-state index in [1.54, 1.807) is 14.2 Å². The van der Waals surface area contributed by atoms with Gasteiger partial charge in [-0.2, -0.15) is 5.10 Å². The van der Waals surface area contributed by atoms with E-state index in [0.717, 1.165) is 37.8 Å². The van der Waals surface area contributed by atoms with E-state index >= 15 is 0 Å². The molecule has 0 spiro atoms. The Bertz CT molecular complexity index is 635. The summed E-state index contributed by atoms with van der Waals surface area (Å²) < 4.78 is 7.28. The van der Waals surface area contributed by atoms with Gasteiger partial charge in [-0.3, -0.25) is 9.67 Å². The number of rotatable bonds is 7. The van der Waals surface area contributed by atoms with Gasteiger partial charge in [-0.1, -0.05) is 18.2 Å². The number of nitrogens with one attached hydrogen (secondary N) is 2. The van der Waals surface area contributed by atoms with Gasteiger partial charge in [0.2, 0.25) is 0 Å². The minimum absolute atomic E-state index is 0.773. The molecule has 1 aromatic carbocycles. The van der Waals surface area contributed by atoms with Crippen molar-refractivity contribution in [3.05, 3.63) is 47.8 Å². The zero-order chi connectivity index (χ0) is 16.5. The van der Waals surface area contributed by atoms with Crippen LogP contribution in [0.15, 0.2) is 41.7 Å². The van der Waals surface area contributed by atoms with Gasteiger partial charge in [-0.15, -0.1) is 0 Å². The molecule has 0 aliphatic carbocycles. The first-order chi connectivity index (χ1) is 11.2. The Morgan fingerprint density at radius 3 is 2.74 bits per heavy atom. The Labute approximate surface area is 137 Å². The van der Waals surface area contributed by atoms with E-state index in [1.165, 1.54) is 11.1 Å². The number of hydrogen-bond acceptors (Lipinski definition) is 3. The zero-order valence-electron chi connectivity index (χ0n) is 14.0. The number of ether oxygens (including phenoxy) is 1. The molecule has 0 unspecified atom stereocenters. The van der Waals surface area contributed by atoms with Crippen LogP contribution in [0.2, 0.25) is 0 Å². The topological polar surface area (TPSA) is 63.5 Å². The summed E-state index contributed by atoms with van der Waals surface area (Å²) in [7, 11) is 3.47. The van der Waals surface area contributed by atoms with E-state index < -0.39 is 0 Å². The fourth-order valence-electron chi connectivity index (χ4n) is 2.32. The minimum Gasteiger partial charge on any atom is -0.496 e. The Kier molecular flexibility index (Phi) is 6.47. The van der Waals surface area contributed by atoms with Crippen molar-refractivity contribution in [2.45, 2.75) is 19.9 Å². The number of guanidine groups is 1. The van der Waals surface area contributed by atoms with Crippen LogP contribution in [0.4, 0.5) is 0 Å². The highest BCUT2D eigenvalue weighted by molar-refractivity contribution is 5.79. The highest BCUT2D eigenvalue weighted by Gasteiger charge is 2.02. The molecule has 6 heteroatoms. The lowest BCUT2D eigenvalue weighted by molar-refractivity contribution is 0.409. The van der Waals surface area contributed by atoms with Crippen LogP contribution in [0.25, 0.3) is 0 Å². The molecule has 0 atom stereocenters. The highest BCUT2D eigenvalue weighted by atomic mass is 16.5. The van der Waals surface area contributed by atoms with Gasteiger partial charge in [0.1, 0.15) is 5.75 Å². The SMILES string of the molecule is CN=C(NCCc1ccccc1OC)NCCn1cc(C)cn1. The lowest BCUT2D eigenvalue weighted by Crippen LogP contribution is -2.39. The van der Waals surface area contributed by atoms with E-state index in [4.69, 9.17) is 4.74 Å². The van der Waals surface area contributed by atoms with E-state index in [9.17, 15) is 0 Å². The van der Waals surface area contributed by atoms with Crippen molar-refractivity contribution in [1.82, 2.24) is 20.4 Å². The monoisotopic (exact) mass is 315 g/mol. The molecule has 0 fully saturated rings. The van der Waals surface area contributed by atoms with Gasteiger partial charge in [-0.25, -0.2) is 0 Å². The van der Waals surface area contributed by atoms with Crippen molar-refractivity contribution in [1.29, 1.82) is 0 Å². The summed E-state index contributed by atoms with van der Waals surface area (Å²) in [6, 6.07) is 8.06. The molecule has 6 nitrogen and oxygen atoms in total. The van der Waals surface area contributed by atoms with Crippen LogP contribution in [-0.4, -0.2) is 43.0 Å². The maximum atomic E-state index is 5.36. The lowest BCUT2D eigenvalue weighted by Gasteiger charge is -2.13. The van der Waals surface area contributed by atoms with Crippen LogP contribution >= 0.6 is 0 Å². The Morgan fingerprint density at radius 1 is 1.26 bits per heavy atom.